The Balaban J connectivity index is 2.24. The minimum Gasteiger partial charge on any atom is -0.0807 e. The van der Waals surface area contributed by atoms with Crippen LogP contribution in [0.2, 0.25) is 0 Å². The first-order chi connectivity index (χ1) is 7.38. The summed E-state index contributed by atoms with van der Waals surface area (Å²) in [5, 5.41) is 0. The second kappa shape index (κ2) is 4.79. The highest BCUT2D eigenvalue weighted by Crippen LogP contribution is 2.25. The molecular formula is C15H16. The first-order valence-corrected chi connectivity index (χ1v) is 5.46. The molecule has 1 atom stereocenters. The maximum absolute atomic E-state index is 2.25. The Morgan fingerprint density at radius 1 is 1.07 bits per heavy atom. The van der Waals surface area contributed by atoms with Crippen LogP contribution in [0.3, 0.4) is 0 Å². The van der Waals surface area contributed by atoms with E-state index in [4.69, 9.17) is 0 Å². The molecule has 2 rings (SSSR count). The number of benzene rings is 1. The summed E-state index contributed by atoms with van der Waals surface area (Å²) < 4.78 is 0. The Kier molecular flexibility index (Phi) is 3.18. The second-order valence-corrected chi connectivity index (χ2v) is 3.87. The Labute approximate surface area is 91.6 Å². The molecule has 0 nitrogen and oxygen atoms in total. The van der Waals surface area contributed by atoms with Gasteiger partial charge in [0.15, 0.2) is 0 Å². The Hall–Kier alpha value is -1.56. The fourth-order valence-electron chi connectivity index (χ4n) is 1.82. The van der Waals surface area contributed by atoms with Crippen LogP contribution in [0.1, 0.15) is 24.8 Å². The highest BCUT2D eigenvalue weighted by molar-refractivity contribution is 5.37. The van der Waals surface area contributed by atoms with Gasteiger partial charge in [-0.3, -0.25) is 0 Å². The maximum Gasteiger partial charge on any atom is 0.00608 e. The summed E-state index contributed by atoms with van der Waals surface area (Å²) in [5.74, 6) is 0.477. The third-order valence-electron chi connectivity index (χ3n) is 2.81. The molecule has 0 heterocycles. The van der Waals surface area contributed by atoms with Crippen LogP contribution in [0.5, 0.6) is 0 Å². The van der Waals surface area contributed by atoms with Crippen molar-refractivity contribution in [2.24, 2.45) is 0 Å². The summed E-state index contributed by atoms with van der Waals surface area (Å²) in [6, 6.07) is 10.6. The van der Waals surface area contributed by atoms with Gasteiger partial charge < -0.3 is 0 Å². The van der Waals surface area contributed by atoms with E-state index in [1.807, 2.05) is 0 Å². The average molecular weight is 196 g/mol. The van der Waals surface area contributed by atoms with E-state index >= 15 is 0 Å². The van der Waals surface area contributed by atoms with E-state index in [9.17, 15) is 0 Å². The molecule has 15 heavy (non-hydrogen) atoms. The molecule has 0 N–H and O–H groups in total. The second-order valence-electron chi connectivity index (χ2n) is 3.87. The maximum atomic E-state index is 2.25. The summed E-state index contributed by atoms with van der Waals surface area (Å²) in [6.07, 6.45) is 12.0. The highest BCUT2D eigenvalue weighted by Gasteiger charge is 2.07. The van der Waals surface area contributed by atoms with Crippen molar-refractivity contribution in [1.29, 1.82) is 0 Å². The van der Waals surface area contributed by atoms with E-state index in [1.165, 1.54) is 11.1 Å². The van der Waals surface area contributed by atoms with Gasteiger partial charge in [0.05, 0.1) is 0 Å². The van der Waals surface area contributed by atoms with Crippen LogP contribution in [0.4, 0.5) is 0 Å². The average Bonchev–Trinajstić information content (AvgIpc) is 2.58. The van der Waals surface area contributed by atoms with Crippen LogP contribution < -0.4 is 0 Å². The lowest BCUT2D eigenvalue weighted by molar-refractivity contribution is 0.921. The number of hydrogen-bond donors (Lipinski definition) is 0. The fraction of sp³-hybridized carbons (Fsp3) is 0.200. The van der Waals surface area contributed by atoms with Crippen LogP contribution >= 0.6 is 0 Å². The molecule has 1 aromatic carbocycles. The molecular weight excluding hydrogens is 180 g/mol. The third kappa shape index (κ3) is 2.47. The molecule has 0 radical (unpaired) electrons. The molecule has 0 amide bonds. The van der Waals surface area contributed by atoms with Crippen molar-refractivity contribution in [2.45, 2.75) is 19.3 Å². The van der Waals surface area contributed by atoms with Crippen molar-refractivity contribution < 1.29 is 0 Å². The van der Waals surface area contributed by atoms with Gasteiger partial charge in [0, 0.05) is 5.92 Å². The lowest BCUT2D eigenvalue weighted by atomic mass is 9.92. The topological polar surface area (TPSA) is 0 Å². The third-order valence-corrected chi connectivity index (χ3v) is 2.81. The van der Waals surface area contributed by atoms with E-state index in [0.29, 0.717) is 5.92 Å². The number of rotatable bonds is 2. The quantitative estimate of drug-likeness (QED) is 0.664. The first-order valence-electron chi connectivity index (χ1n) is 5.46. The summed E-state index contributed by atoms with van der Waals surface area (Å²) in [4.78, 5) is 0. The van der Waals surface area contributed by atoms with Gasteiger partial charge >= 0.3 is 0 Å². The van der Waals surface area contributed by atoms with E-state index in [2.05, 4.69) is 67.6 Å². The van der Waals surface area contributed by atoms with Gasteiger partial charge in [0.2, 0.25) is 0 Å². The molecule has 1 aliphatic rings. The van der Waals surface area contributed by atoms with Crippen LogP contribution in [0.25, 0.3) is 0 Å². The van der Waals surface area contributed by atoms with Crippen molar-refractivity contribution in [3.05, 3.63) is 71.8 Å². The predicted molar refractivity (Wildman–Crippen MR) is 65.8 cm³/mol. The van der Waals surface area contributed by atoms with Crippen molar-refractivity contribution >= 4 is 0 Å². The van der Waals surface area contributed by atoms with Crippen molar-refractivity contribution in [2.75, 3.05) is 0 Å². The van der Waals surface area contributed by atoms with Gasteiger partial charge in [-0.25, -0.2) is 0 Å². The smallest absolute Gasteiger partial charge is 0.00608 e. The monoisotopic (exact) mass is 196 g/mol. The van der Waals surface area contributed by atoms with Gasteiger partial charge in [-0.05, 0) is 17.6 Å². The van der Waals surface area contributed by atoms with Crippen LogP contribution in [0.15, 0.2) is 66.3 Å². The molecule has 0 aromatic heterocycles. The SMILES string of the molecule is CC(C1=CC=CCC=C1)c1ccccc1. The van der Waals surface area contributed by atoms with Crippen molar-refractivity contribution in [1.82, 2.24) is 0 Å². The summed E-state index contributed by atoms with van der Waals surface area (Å²) in [7, 11) is 0. The zero-order valence-electron chi connectivity index (χ0n) is 9.06. The summed E-state index contributed by atoms with van der Waals surface area (Å²) in [6.45, 7) is 2.25. The lowest BCUT2D eigenvalue weighted by Gasteiger charge is -2.12. The standard InChI is InChI=1S/C15H16/c1-13(15-11-7-4-8-12-15)14-9-5-2-3-6-10-14/h2,4-13H,3H2,1H3. The molecule has 0 aliphatic heterocycles. The van der Waals surface area contributed by atoms with Crippen LogP contribution in [0, 0.1) is 0 Å². The van der Waals surface area contributed by atoms with Crippen LogP contribution in [-0.4, -0.2) is 0 Å². The van der Waals surface area contributed by atoms with Crippen molar-refractivity contribution in [3.63, 3.8) is 0 Å². The zero-order chi connectivity index (χ0) is 10.5. The number of allylic oxidation sites excluding steroid dienone is 6. The molecule has 1 aliphatic carbocycles. The van der Waals surface area contributed by atoms with E-state index in [0.717, 1.165) is 6.42 Å². The minimum atomic E-state index is 0.477. The lowest BCUT2D eigenvalue weighted by Crippen LogP contribution is -1.95. The van der Waals surface area contributed by atoms with E-state index in [1.54, 1.807) is 0 Å². The van der Waals surface area contributed by atoms with Crippen molar-refractivity contribution in [3.8, 4) is 0 Å². The summed E-state index contributed by atoms with van der Waals surface area (Å²) >= 11 is 0. The van der Waals surface area contributed by atoms with E-state index in [-0.39, 0.29) is 0 Å². The Bertz CT molecular complexity index is 393. The fourth-order valence-corrected chi connectivity index (χ4v) is 1.82. The Morgan fingerprint density at radius 3 is 2.67 bits per heavy atom. The molecule has 1 aromatic rings. The Morgan fingerprint density at radius 2 is 1.87 bits per heavy atom. The highest BCUT2D eigenvalue weighted by atomic mass is 14.1. The molecule has 0 saturated heterocycles. The van der Waals surface area contributed by atoms with Crippen LogP contribution in [-0.2, 0) is 0 Å². The predicted octanol–water partition coefficient (Wildman–Crippen LogP) is 4.23. The molecule has 1 unspecified atom stereocenters. The van der Waals surface area contributed by atoms with Gasteiger partial charge in [-0.1, -0.05) is 67.6 Å². The number of hydrogen-bond acceptors (Lipinski definition) is 0. The van der Waals surface area contributed by atoms with Gasteiger partial charge in [0.25, 0.3) is 0 Å². The molecule has 0 spiro atoms. The zero-order valence-corrected chi connectivity index (χ0v) is 9.06. The molecule has 0 bridgehead atoms. The molecule has 0 heteroatoms. The summed E-state index contributed by atoms with van der Waals surface area (Å²) in [5.41, 5.74) is 2.76. The molecule has 76 valence electrons. The van der Waals surface area contributed by atoms with Gasteiger partial charge in [-0.2, -0.15) is 0 Å². The van der Waals surface area contributed by atoms with Gasteiger partial charge in [-0.15, -0.1) is 0 Å². The largest absolute Gasteiger partial charge is 0.0807 e. The minimum absolute atomic E-state index is 0.477. The van der Waals surface area contributed by atoms with E-state index < -0.39 is 0 Å². The van der Waals surface area contributed by atoms with Gasteiger partial charge in [0.1, 0.15) is 0 Å². The first kappa shape index (κ1) is 9.97. The normalized spacial score (nSPS) is 17.0. The molecule has 0 fully saturated rings. The molecule has 0 saturated carbocycles.